The number of furan rings is 1. The van der Waals surface area contributed by atoms with Crippen LogP contribution in [0.4, 0.5) is 17.1 Å². The fourth-order valence-electron chi connectivity index (χ4n) is 10.9. The van der Waals surface area contributed by atoms with Crippen molar-refractivity contribution in [1.82, 2.24) is 4.57 Å². The molecule has 69 heavy (non-hydrogen) atoms. The summed E-state index contributed by atoms with van der Waals surface area (Å²) in [6.45, 7) is 0. The van der Waals surface area contributed by atoms with Gasteiger partial charge in [-0.15, -0.1) is 0 Å². The number of anilines is 3. The molecular formula is C66H42N2O. The molecule has 0 aliphatic rings. The average molecular weight is 879 g/mol. The summed E-state index contributed by atoms with van der Waals surface area (Å²) in [7, 11) is 0. The monoisotopic (exact) mass is 878 g/mol. The van der Waals surface area contributed by atoms with Crippen LogP contribution in [-0.4, -0.2) is 4.57 Å². The highest BCUT2D eigenvalue weighted by atomic mass is 16.3. The molecule has 0 saturated heterocycles. The van der Waals surface area contributed by atoms with Crippen molar-refractivity contribution >= 4 is 93.1 Å². The quantitative estimate of drug-likeness (QED) is 0.149. The molecule has 0 unspecified atom stereocenters. The molecule has 322 valence electrons. The number of aromatic nitrogens is 1. The van der Waals surface area contributed by atoms with E-state index in [0.717, 1.165) is 72.2 Å². The van der Waals surface area contributed by atoms with E-state index in [2.05, 4.69) is 264 Å². The van der Waals surface area contributed by atoms with Crippen molar-refractivity contribution in [3.8, 4) is 39.1 Å². The van der Waals surface area contributed by atoms with E-state index in [9.17, 15) is 0 Å². The highest BCUT2D eigenvalue weighted by Gasteiger charge is 2.21. The van der Waals surface area contributed by atoms with Crippen molar-refractivity contribution in [2.24, 2.45) is 0 Å². The smallest absolute Gasteiger partial charge is 0.143 e. The lowest BCUT2D eigenvalue weighted by Crippen LogP contribution is -2.10. The predicted octanol–water partition coefficient (Wildman–Crippen LogP) is 18.6. The first-order valence-electron chi connectivity index (χ1n) is 23.7. The highest BCUT2D eigenvalue weighted by molar-refractivity contribution is 6.20. The maximum absolute atomic E-state index is 6.75. The van der Waals surface area contributed by atoms with Gasteiger partial charge in [0.05, 0.1) is 22.1 Å². The molecular weight excluding hydrogens is 837 g/mol. The Labute approximate surface area is 399 Å². The van der Waals surface area contributed by atoms with Crippen LogP contribution >= 0.6 is 0 Å². The van der Waals surface area contributed by atoms with E-state index in [-0.39, 0.29) is 0 Å². The zero-order valence-corrected chi connectivity index (χ0v) is 37.6. The third kappa shape index (κ3) is 6.36. The Morgan fingerprint density at radius 1 is 0.319 bits per heavy atom. The standard InChI is InChI=1S/C66H42N2O/c1-4-21-54-45(14-1)34-39-59-65-63(28-13-29-64(65)69-66(54)59)67(51-37-32-44(33-38-51)47-17-12-19-52(41-47)68-61-26-9-7-24-57(61)58-25-8-10-27-62(58)68)50-35-30-43(31-36-50)46-16-11-18-48(40-46)60-42-49-15-2-3-20-53(49)55-22-5-6-23-56(55)60/h1-42H. The molecule has 0 aliphatic carbocycles. The third-order valence-corrected chi connectivity index (χ3v) is 14.1. The third-order valence-electron chi connectivity index (χ3n) is 14.1. The maximum Gasteiger partial charge on any atom is 0.143 e. The summed E-state index contributed by atoms with van der Waals surface area (Å²) in [5.41, 5.74) is 15.5. The molecule has 0 bridgehead atoms. The van der Waals surface area contributed by atoms with Crippen LogP contribution in [0.1, 0.15) is 0 Å². The van der Waals surface area contributed by atoms with E-state index >= 15 is 0 Å². The minimum Gasteiger partial charge on any atom is -0.455 e. The lowest BCUT2D eigenvalue weighted by Gasteiger charge is -2.26. The average Bonchev–Trinajstić information content (AvgIpc) is 3.98. The fourth-order valence-corrected chi connectivity index (χ4v) is 10.9. The van der Waals surface area contributed by atoms with E-state index in [1.54, 1.807) is 0 Å². The molecule has 0 fully saturated rings. The van der Waals surface area contributed by atoms with Gasteiger partial charge in [-0.05, 0) is 139 Å². The first-order valence-corrected chi connectivity index (χ1v) is 23.7. The number of para-hydroxylation sites is 2. The van der Waals surface area contributed by atoms with Crippen LogP contribution in [0.3, 0.4) is 0 Å². The zero-order chi connectivity index (χ0) is 45.4. The Balaban J connectivity index is 0.882. The second kappa shape index (κ2) is 15.7. The van der Waals surface area contributed by atoms with Crippen molar-refractivity contribution in [2.45, 2.75) is 0 Å². The molecule has 0 radical (unpaired) electrons. The molecule has 0 N–H and O–H groups in total. The van der Waals surface area contributed by atoms with Crippen LogP contribution in [0.5, 0.6) is 0 Å². The van der Waals surface area contributed by atoms with Gasteiger partial charge in [-0.2, -0.15) is 0 Å². The lowest BCUT2D eigenvalue weighted by molar-refractivity contribution is 0.672. The van der Waals surface area contributed by atoms with Crippen LogP contribution in [0.15, 0.2) is 259 Å². The van der Waals surface area contributed by atoms with Crippen LogP contribution in [0, 0.1) is 0 Å². The molecule has 12 aromatic carbocycles. The number of fused-ring (bicyclic) bond motifs is 11. The summed E-state index contributed by atoms with van der Waals surface area (Å²) in [5.74, 6) is 0. The first-order chi connectivity index (χ1) is 34.2. The van der Waals surface area contributed by atoms with Crippen LogP contribution in [0.2, 0.25) is 0 Å². The molecule has 3 nitrogen and oxygen atoms in total. The molecule has 14 rings (SSSR count). The van der Waals surface area contributed by atoms with E-state index in [0.29, 0.717) is 0 Å². The van der Waals surface area contributed by atoms with Gasteiger partial charge in [-0.1, -0.05) is 176 Å². The van der Waals surface area contributed by atoms with Crippen LogP contribution in [0.25, 0.3) is 115 Å². The topological polar surface area (TPSA) is 21.3 Å². The van der Waals surface area contributed by atoms with Gasteiger partial charge >= 0.3 is 0 Å². The minimum absolute atomic E-state index is 0.858. The summed E-state index contributed by atoms with van der Waals surface area (Å²) in [6.07, 6.45) is 0. The molecule has 0 spiro atoms. The summed E-state index contributed by atoms with van der Waals surface area (Å²) < 4.78 is 9.13. The van der Waals surface area contributed by atoms with E-state index in [4.69, 9.17) is 4.42 Å². The summed E-state index contributed by atoms with van der Waals surface area (Å²) in [6, 6.07) is 92.4. The Morgan fingerprint density at radius 3 is 1.58 bits per heavy atom. The van der Waals surface area contributed by atoms with Gasteiger partial charge in [0.25, 0.3) is 0 Å². The summed E-state index contributed by atoms with van der Waals surface area (Å²) in [4.78, 5) is 2.38. The Morgan fingerprint density at radius 2 is 0.870 bits per heavy atom. The lowest BCUT2D eigenvalue weighted by atomic mass is 9.92. The Bertz CT molecular complexity index is 4260. The second-order valence-corrected chi connectivity index (χ2v) is 18.0. The minimum atomic E-state index is 0.858. The number of rotatable bonds is 7. The molecule has 0 aliphatic heterocycles. The first kappa shape index (κ1) is 39.0. The summed E-state index contributed by atoms with van der Waals surface area (Å²) in [5, 5.41) is 12.0. The molecule has 0 amide bonds. The van der Waals surface area contributed by atoms with E-state index in [1.165, 1.54) is 60.0 Å². The number of benzene rings is 12. The van der Waals surface area contributed by atoms with Gasteiger partial charge in [0.1, 0.15) is 11.2 Å². The predicted molar refractivity (Wildman–Crippen MR) is 292 cm³/mol. The summed E-state index contributed by atoms with van der Waals surface area (Å²) >= 11 is 0. The number of hydrogen-bond donors (Lipinski definition) is 0. The van der Waals surface area contributed by atoms with Crippen molar-refractivity contribution in [2.75, 3.05) is 4.90 Å². The Hall–Kier alpha value is -9.18. The molecule has 2 heterocycles. The highest BCUT2D eigenvalue weighted by Crippen LogP contribution is 2.45. The molecule has 3 heteroatoms. The van der Waals surface area contributed by atoms with Crippen LogP contribution in [-0.2, 0) is 0 Å². The molecule has 0 atom stereocenters. The molecule has 0 saturated carbocycles. The number of hydrogen-bond acceptors (Lipinski definition) is 2. The van der Waals surface area contributed by atoms with Gasteiger partial charge in [-0.3, -0.25) is 0 Å². The maximum atomic E-state index is 6.75. The van der Waals surface area contributed by atoms with Gasteiger partial charge < -0.3 is 13.9 Å². The van der Waals surface area contributed by atoms with E-state index in [1.807, 2.05) is 0 Å². The fraction of sp³-hybridized carbons (Fsp3) is 0. The largest absolute Gasteiger partial charge is 0.455 e. The van der Waals surface area contributed by atoms with Gasteiger partial charge in [-0.25, -0.2) is 0 Å². The van der Waals surface area contributed by atoms with Gasteiger partial charge in [0.2, 0.25) is 0 Å². The van der Waals surface area contributed by atoms with Crippen molar-refractivity contribution in [1.29, 1.82) is 0 Å². The normalized spacial score (nSPS) is 11.8. The zero-order valence-electron chi connectivity index (χ0n) is 37.6. The molecule has 2 aromatic heterocycles. The second-order valence-electron chi connectivity index (χ2n) is 18.0. The van der Waals surface area contributed by atoms with Crippen molar-refractivity contribution in [3.63, 3.8) is 0 Å². The molecule has 14 aromatic rings. The van der Waals surface area contributed by atoms with E-state index < -0.39 is 0 Å². The SMILES string of the molecule is c1cc(-c2ccc(N(c3ccc(-c4cccc(-n5c6ccccc6c6ccccc65)c4)cc3)c3cccc4oc5c6ccccc6ccc5c34)cc2)cc(-c2cc3ccccc3c3ccccc23)c1. The van der Waals surface area contributed by atoms with Crippen LogP contribution < -0.4 is 4.90 Å². The Kier molecular flexibility index (Phi) is 8.90. The number of nitrogens with zero attached hydrogens (tertiary/aromatic N) is 2. The van der Waals surface area contributed by atoms with Crippen molar-refractivity contribution in [3.05, 3.63) is 255 Å². The van der Waals surface area contributed by atoms with Gasteiger partial charge in [0, 0.05) is 38.6 Å². The van der Waals surface area contributed by atoms with Crippen molar-refractivity contribution < 1.29 is 4.42 Å². The van der Waals surface area contributed by atoms with Gasteiger partial charge in [0.15, 0.2) is 0 Å².